The molecule has 0 amide bonds. The van der Waals surface area contributed by atoms with Gasteiger partial charge in [0.15, 0.2) is 0 Å². The van der Waals surface area contributed by atoms with Gasteiger partial charge in [0.2, 0.25) is 0 Å². The minimum atomic E-state index is -3.71. The van der Waals surface area contributed by atoms with Gasteiger partial charge in [-0.2, -0.15) is 0 Å². The van der Waals surface area contributed by atoms with E-state index in [1.54, 1.807) is 12.3 Å². The van der Waals surface area contributed by atoms with Gasteiger partial charge in [0, 0.05) is 28.5 Å². The molecule has 0 N–H and O–H groups in total. The molecule has 3 nitrogen and oxygen atoms in total. The lowest BCUT2D eigenvalue weighted by molar-refractivity contribution is 0.610. The molecule has 0 spiro atoms. The molecule has 0 aliphatic carbocycles. The van der Waals surface area contributed by atoms with Crippen molar-refractivity contribution >= 4 is 42.9 Å². The summed E-state index contributed by atoms with van der Waals surface area (Å²) >= 11 is 0. The minimum absolute atomic E-state index is 0. The van der Waals surface area contributed by atoms with E-state index in [1.807, 2.05) is 13.0 Å². The van der Waals surface area contributed by atoms with Crippen molar-refractivity contribution in [3.8, 4) is 0 Å². The van der Waals surface area contributed by atoms with E-state index < -0.39 is 9.05 Å². The quantitative estimate of drug-likeness (QED) is 0.753. The zero-order valence-corrected chi connectivity index (χ0v) is 10.7. The zero-order chi connectivity index (χ0) is 11.1. The first-order valence-corrected chi connectivity index (χ1v) is 6.59. The van der Waals surface area contributed by atoms with Crippen molar-refractivity contribution in [2.75, 3.05) is 0 Å². The topological polar surface area (TPSA) is 47.0 Å². The highest BCUT2D eigenvalue weighted by Gasteiger charge is 2.14. The van der Waals surface area contributed by atoms with Crippen molar-refractivity contribution in [2.24, 2.45) is 0 Å². The van der Waals surface area contributed by atoms with Crippen LogP contribution in [0.1, 0.15) is 5.56 Å². The summed E-state index contributed by atoms with van der Waals surface area (Å²) in [5, 5.41) is 1.42. The maximum absolute atomic E-state index is 11.3. The van der Waals surface area contributed by atoms with Crippen molar-refractivity contribution in [3.05, 3.63) is 36.2 Å². The van der Waals surface area contributed by atoms with Crippen LogP contribution in [0.25, 0.3) is 10.8 Å². The van der Waals surface area contributed by atoms with Crippen LogP contribution in [0.3, 0.4) is 0 Å². The average molecular weight is 278 g/mol. The number of rotatable bonds is 1. The Hall–Kier alpha value is -0.840. The first-order valence-electron chi connectivity index (χ1n) is 4.28. The molecule has 86 valence electrons. The molecule has 0 aliphatic rings. The fourth-order valence-corrected chi connectivity index (χ4v) is 2.60. The van der Waals surface area contributed by atoms with Gasteiger partial charge in [-0.1, -0.05) is 12.1 Å². The normalized spacial score (nSPS) is 11.1. The second-order valence-corrected chi connectivity index (χ2v) is 5.78. The maximum atomic E-state index is 11.3. The molecule has 0 fully saturated rings. The summed E-state index contributed by atoms with van der Waals surface area (Å²) in [5.41, 5.74) is 0.926. The molecule has 6 heteroatoms. The molecule has 2 rings (SSSR count). The first-order chi connectivity index (χ1) is 7.00. The number of benzene rings is 1. The zero-order valence-electron chi connectivity index (χ0n) is 8.34. The Labute approximate surface area is 104 Å². The summed E-state index contributed by atoms with van der Waals surface area (Å²) < 4.78 is 22.6. The molecule has 0 saturated heterocycles. The number of hydrogen-bond donors (Lipinski definition) is 0. The van der Waals surface area contributed by atoms with Crippen LogP contribution in [0.15, 0.2) is 35.5 Å². The summed E-state index contributed by atoms with van der Waals surface area (Å²) in [6.45, 7) is 1.87. The van der Waals surface area contributed by atoms with Gasteiger partial charge in [0.1, 0.15) is 0 Å². The Morgan fingerprint density at radius 1 is 1.19 bits per heavy atom. The Kier molecular flexibility index (Phi) is 3.78. The number of halogens is 2. The Balaban J connectivity index is 0.00000128. The van der Waals surface area contributed by atoms with Crippen molar-refractivity contribution in [1.82, 2.24) is 4.98 Å². The second kappa shape index (κ2) is 4.57. The van der Waals surface area contributed by atoms with Crippen LogP contribution in [0.4, 0.5) is 0 Å². The summed E-state index contributed by atoms with van der Waals surface area (Å²) in [4.78, 5) is 4.07. The predicted octanol–water partition coefficient (Wildman–Crippen LogP) is 2.89. The number of nitrogens with zero attached hydrogens (tertiary/aromatic N) is 1. The molecular weight excluding hydrogens is 269 g/mol. The predicted molar refractivity (Wildman–Crippen MR) is 66.8 cm³/mol. The third-order valence-electron chi connectivity index (χ3n) is 2.23. The molecule has 0 atom stereocenters. The fourth-order valence-electron chi connectivity index (χ4n) is 1.53. The summed E-state index contributed by atoms with van der Waals surface area (Å²) in [6, 6.07) is 4.99. The van der Waals surface area contributed by atoms with Crippen LogP contribution in [0.2, 0.25) is 0 Å². The van der Waals surface area contributed by atoms with E-state index in [4.69, 9.17) is 10.7 Å². The van der Waals surface area contributed by atoms with Gasteiger partial charge in [-0.15, -0.1) is 12.4 Å². The van der Waals surface area contributed by atoms with Crippen molar-refractivity contribution < 1.29 is 8.42 Å². The molecule has 0 saturated carbocycles. The molecule has 2 aromatic rings. The van der Waals surface area contributed by atoms with E-state index in [2.05, 4.69) is 4.98 Å². The van der Waals surface area contributed by atoms with Crippen LogP contribution in [0.5, 0.6) is 0 Å². The molecule has 1 heterocycles. The highest BCUT2D eigenvalue weighted by Crippen LogP contribution is 2.26. The van der Waals surface area contributed by atoms with Crippen LogP contribution in [0, 0.1) is 6.92 Å². The third kappa shape index (κ3) is 2.29. The molecule has 0 aliphatic heterocycles. The van der Waals surface area contributed by atoms with Gasteiger partial charge < -0.3 is 0 Å². The molecule has 16 heavy (non-hydrogen) atoms. The standard InChI is InChI=1S/C10H8ClNO2S.ClH/c1-7-5-12-6-9-8(7)3-2-4-10(9)15(11,13)14;/h2-6H,1H3;1H. The Morgan fingerprint density at radius 3 is 2.50 bits per heavy atom. The fraction of sp³-hybridized carbons (Fsp3) is 0.100. The lowest BCUT2D eigenvalue weighted by Crippen LogP contribution is -1.93. The number of pyridine rings is 1. The second-order valence-electron chi connectivity index (χ2n) is 3.25. The number of hydrogen-bond acceptors (Lipinski definition) is 3. The van der Waals surface area contributed by atoms with Gasteiger partial charge in [-0.05, 0) is 23.9 Å². The smallest absolute Gasteiger partial charge is 0.261 e. The molecule has 0 radical (unpaired) electrons. The van der Waals surface area contributed by atoms with E-state index in [9.17, 15) is 8.42 Å². The minimum Gasteiger partial charge on any atom is -0.264 e. The summed E-state index contributed by atoms with van der Waals surface area (Å²) in [5.74, 6) is 0. The van der Waals surface area contributed by atoms with Gasteiger partial charge in [0.05, 0.1) is 4.90 Å². The molecular formula is C10H9Cl2NO2S. The van der Waals surface area contributed by atoms with Crippen LogP contribution in [-0.2, 0) is 9.05 Å². The van der Waals surface area contributed by atoms with Crippen LogP contribution < -0.4 is 0 Å². The van der Waals surface area contributed by atoms with Crippen LogP contribution in [-0.4, -0.2) is 13.4 Å². The van der Waals surface area contributed by atoms with Gasteiger partial charge >= 0.3 is 0 Å². The summed E-state index contributed by atoms with van der Waals surface area (Å²) in [7, 11) is 1.62. The number of aryl methyl sites for hydroxylation is 1. The highest BCUT2D eigenvalue weighted by atomic mass is 35.7. The molecule has 1 aromatic heterocycles. The van der Waals surface area contributed by atoms with Crippen molar-refractivity contribution in [1.29, 1.82) is 0 Å². The Bertz CT molecular complexity index is 626. The first kappa shape index (κ1) is 13.2. The van der Waals surface area contributed by atoms with E-state index in [-0.39, 0.29) is 17.3 Å². The lowest BCUT2D eigenvalue weighted by atomic mass is 10.1. The average Bonchev–Trinajstić information content (AvgIpc) is 2.16. The van der Waals surface area contributed by atoms with Gasteiger partial charge in [-0.25, -0.2) is 8.42 Å². The van der Waals surface area contributed by atoms with Gasteiger partial charge in [0.25, 0.3) is 9.05 Å². The SMILES string of the molecule is Cc1cncc2c(S(=O)(=O)Cl)cccc12.Cl. The van der Waals surface area contributed by atoms with E-state index in [1.165, 1.54) is 12.3 Å². The molecule has 0 bridgehead atoms. The highest BCUT2D eigenvalue weighted by molar-refractivity contribution is 8.14. The maximum Gasteiger partial charge on any atom is 0.261 e. The van der Waals surface area contributed by atoms with Crippen molar-refractivity contribution in [2.45, 2.75) is 11.8 Å². The summed E-state index contributed by atoms with van der Waals surface area (Å²) in [6.07, 6.45) is 3.20. The van der Waals surface area contributed by atoms with Crippen LogP contribution >= 0.6 is 23.1 Å². The van der Waals surface area contributed by atoms with Crippen molar-refractivity contribution in [3.63, 3.8) is 0 Å². The van der Waals surface area contributed by atoms with Gasteiger partial charge in [-0.3, -0.25) is 4.98 Å². The largest absolute Gasteiger partial charge is 0.264 e. The molecule has 1 aromatic carbocycles. The number of fused-ring (bicyclic) bond motifs is 1. The monoisotopic (exact) mass is 277 g/mol. The molecule has 0 unspecified atom stereocenters. The van der Waals surface area contributed by atoms with E-state index in [0.717, 1.165) is 10.9 Å². The third-order valence-corrected chi connectivity index (χ3v) is 3.61. The van der Waals surface area contributed by atoms with E-state index >= 15 is 0 Å². The lowest BCUT2D eigenvalue weighted by Gasteiger charge is -2.04. The van der Waals surface area contributed by atoms with E-state index in [0.29, 0.717) is 5.39 Å². The Morgan fingerprint density at radius 2 is 1.88 bits per heavy atom. The number of aromatic nitrogens is 1.